The lowest BCUT2D eigenvalue weighted by Gasteiger charge is -2.22. The Balaban J connectivity index is 2.80. The topological polar surface area (TPSA) is 58.2 Å². The average molecular weight is 331 g/mol. The molecule has 0 aliphatic carbocycles. The van der Waals surface area contributed by atoms with Crippen LogP contribution in [-0.4, -0.2) is 32.5 Å². The molecule has 0 fully saturated rings. The second kappa shape index (κ2) is 7.63. The van der Waals surface area contributed by atoms with Crippen LogP contribution in [0.15, 0.2) is 29.2 Å². The van der Waals surface area contributed by atoms with E-state index < -0.39 is 10.0 Å². The molecule has 6 heteroatoms. The molecule has 0 heterocycles. The summed E-state index contributed by atoms with van der Waals surface area (Å²) in [6.45, 7) is 9.43. The van der Waals surface area contributed by atoms with Gasteiger partial charge in [-0.2, -0.15) is 11.8 Å². The van der Waals surface area contributed by atoms with Crippen LogP contribution >= 0.6 is 11.8 Å². The van der Waals surface area contributed by atoms with Crippen molar-refractivity contribution in [3.63, 3.8) is 0 Å². The molecule has 1 rings (SSSR count). The number of thioether (sulfide) groups is 1. The maximum Gasteiger partial charge on any atom is 0.240 e. The molecular formula is C15H26N2O2S2. The molecular weight excluding hydrogens is 304 g/mol. The summed E-state index contributed by atoms with van der Waals surface area (Å²) in [6.07, 6.45) is 1.98. The van der Waals surface area contributed by atoms with E-state index in [0.717, 1.165) is 12.1 Å². The quantitative estimate of drug-likeness (QED) is 0.769. The van der Waals surface area contributed by atoms with Crippen LogP contribution in [0.4, 0.5) is 0 Å². The summed E-state index contributed by atoms with van der Waals surface area (Å²) in [7, 11) is -3.44. The molecule has 21 heavy (non-hydrogen) atoms. The van der Waals surface area contributed by atoms with Crippen molar-refractivity contribution in [2.75, 3.05) is 19.3 Å². The number of hydrogen-bond acceptors (Lipinski definition) is 4. The number of sulfonamides is 1. The van der Waals surface area contributed by atoms with Crippen LogP contribution < -0.4 is 10.0 Å². The molecule has 1 aromatic rings. The van der Waals surface area contributed by atoms with Gasteiger partial charge >= 0.3 is 0 Å². The first kappa shape index (κ1) is 18.5. The minimum absolute atomic E-state index is 0.118. The van der Waals surface area contributed by atoms with Crippen LogP contribution in [0.3, 0.4) is 0 Å². The molecule has 0 spiro atoms. The van der Waals surface area contributed by atoms with Gasteiger partial charge in [0.2, 0.25) is 10.0 Å². The molecule has 0 bridgehead atoms. The van der Waals surface area contributed by atoms with E-state index in [-0.39, 0.29) is 10.8 Å². The zero-order valence-electron chi connectivity index (χ0n) is 13.4. The standard InChI is InChI=1S/C15H26N2O2S2/c1-6-16-12(2)13-7-9-14(10-8-13)21(18,19)17-11-15(3,4)20-5/h7-10,12,16-17H,6,11H2,1-5H3. The van der Waals surface area contributed by atoms with Gasteiger partial charge in [-0.3, -0.25) is 0 Å². The second-order valence-corrected chi connectivity index (χ2v) is 8.92. The van der Waals surface area contributed by atoms with Gasteiger partial charge < -0.3 is 5.32 Å². The SMILES string of the molecule is CCNC(C)c1ccc(S(=O)(=O)NCC(C)(C)SC)cc1. The third-order valence-electron chi connectivity index (χ3n) is 3.44. The lowest BCUT2D eigenvalue weighted by molar-refractivity contribution is 0.570. The summed E-state index contributed by atoms with van der Waals surface area (Å²) in [5.41, 5.74) is 1.08. The van der Waals surface area contributed by atoms with Crippen molar-refractivity contribution in [3.8, 4) is 0 Å². The van der Waals surface area contributed by atoms with Crippen molar-refractivity contribution in [1.29, 1.82) is 0 Å². The van der Waals surface area contributed by atoms with E-state index in [1.165, 1.54) is 0 Å². The fourth-order valence-corrected chi connectivity index (χ4v) is 3.30. The van der Waals surface area contributed by atoms with Gasteiger partial charge in [0.05, 0.1) is 4.90 Å². The van der Waals surface area contributed by atoms with Crippen LogP contribution in [0.2, 0.25) is 0 Å². The summed E-state index contributed by atoms with van der Waals surface area (Å²) in [4.78, 5) is 0.312. The van der Waals surface area contributed by atoms with Crippen LogP contribution in [0.5, 0.6) is 0 Å². The molecule has 0 aliphatic rings. The van der Waals surface area contributed by atoms with E-state index in [1.807, 2.05) is 39.2 Å². The van der Waals surface area contributed by atoms with Gasteiger partial charge in [-0.15, -0.1) is 0 Å². The van der Waals surface area contributed by atoms with Crippen molar-refractivity contribution < 1.29 is 8.42 Å². The highest BCUT2D eigenvalue weighted by atomic mass is 32.2. The Morgan fingerprint density at radius 2 is 1.81 bits per heavy atom. The molecule has 0 aliphatic heterocycles. The molecule has 2 N–H and O–H groups in total. The van der Waals surface area contributed by atoms with Gasteiger partial charge in [0, 0.05) is 17.3 Å². The maximum atomic E-state index is 12.3. The Bertz CT molecular complexity index is 539. The van der Waals surface area contributed by atoms with E-state index in [0.29, 0.717) is 11.4 Å². The molecule has 0 radical (unpaired) electrons. The first-order chi connectivity index (χ1) is 9.72. The minimum atomic E-state index is -3.44. The monoisotopic (exact) mass is 330 g/mol. The highest BCUT2D eigenvalue weighted by Gasteiger charge is 2.21. The Morgan fingerprint density at radius 3 is 2.29 bits per heavy atom. The summed E-state index contributed by atoms with van der Waals surface area (Å²) < 4.78 is 27.1. The predicted molar refractivity (Wildman–Crippen MR) is 91.3 cm³/mol. The molecule has 1 atom stereocenters. The molecule has 0 amide bonds. The summed E-state index contributed by atoms with van der Waals surface area (Å²) in [6, 6.07) is 7.27. The molecule has 4 nitrogen and oxygen atoms in total. The molecule has 0 saturated carbocycles. The first-order valence-corrected chi connectivity index (χ1v) is 9.81. The van der Waals surface area contributed by atoms with Gasteiger partial charge in [0.15, 0.2) is 0 Å². The number of benzene rings is 1. The maximum absolute atomic E-state index is 12.3. The fraction of sp³-hybridized carbons (Fsp3) is 0.600. The van der Waals surface area contributed by atoms with Crippen molar-refractivity contribution in [2.24, 2.45) is 0 Å². The minimum Gasteiger partial charge on any atom is -0.310 e. The van der Waals surface area contributed by atoms with Gasteiger partial charge in [0.1, 0.15) is 0 Å². The van der Waals surface area contributed by atoms with Crippen molar-refractivity contribution in [2.45, 2.75) is 43.4 Å². The van der Waals surface area contributed by atoms with Gasteiger partial charge in [-0.1, -0.05) is 19.1 Å². The Kier molecular flexibility index (Phi) is 6.71. The fourth-order valence-electron chi connectivity index (χ4n) is 1.78. The zero-order chi connectivity index (χ0) is 16.1. The largest absolute Gasteiger partial charge is 0.310 e. The lowest BCUT2D eigenvalue weighted by Crippen LogP contribution is -2.36. The first-order valence-electron chi connectivity index (χ1n) is 7.10. The molecule has 1 unspecified atom stereocenters. The molecule has 1 aromatic carbocycles. The van der Waals surface area contributed by atoms with Crippen molar-refractivity contribution in [3.05, 3.63) is 29.8 Å². The van der Waals surface area contributed by atoms with Crippen LogP contribution in [0, 0.1) is 0 Å². The third-order valence-corrected chi connectivity index (χ3v) is 6.11. The summed E-state index contributed by atoms with van der Waals surface area (Å²) in [5.74, 6) is 0. The highest BCUT2D eigenvalue weighted by Crippen LogP contribution is 2.21. The van der Waals surface area contributed by atoms with Gasteiger partial charge in [-0.25, -0.2) is 13.1 Å². The molecule has 0 aromatic heterocycles. The summed E-state index contributed by atoms with van der Waals surface area (Å²) in [5, 5.41) is 3.30. The summed E-state index contributed by atoms with van der Waals surface area (Å²) >= 11 is 1.64. The third kappa shape index (κ3) is 5.62. The number of rotatable bonds is 8. The predicted octanol–water partition coefficient (Wildman–Crippen LogP) is 2.78. The lowest BCUT2D eigenvalue weighted by atomic mass is 10.1. The van der Waals surface area contributed by atoms with Crippen molar-refractivity contribution >= 4 is 21.8 Å². The van der Waals surface area contributed by atoms with Crippen LogP contribution in [0.1, 0.15) is 39.3 Å². The Hall–Kier alpha value is -0.560. The smallest absolute Gasteiger partial charge is 0.240 e. The van der Waals surface area contributed by atoms with E-state index in [1.54, 1.807) is 23.9 Å². The van der Waals surface area contributed by atoms with E-state index in [4.69, 9.17) is 0 Å². The van der Waals surface area contributed by atoms with E-state index in [9.17, 15) is 8.42 Å². The molecule has 0 saturated heterocycles. The van der Waals surface area contributed by atoms with E-state index >= 15 is 0 Å². The van der Waals surface area contributed by atoms with E-state index in [2.05, 4.69) is 17.0 Å². The second-order valence-electron chi connectivity index (χ2n) is 5.64. The zero-order valence-corrected chi connectivity index (χ0v) is 15.1. The highest BCUT2D eigenvalue weighted by molar-refractivity contribution is 8.00. The Labute approximate surface area is 133 Å². The van der Waals surface area contributed by atoms with Crippen LogP contribution in [0.25, 0.3) is 0 Å². The Morgan fingerprint density at radius 1 is 1.24 bits per heavy atom. The van der Waals surface area contributed by atoms with Crippen LogP contribution in [-0.2, 0) is 10.0 Å². The number of hydrogen-bond donors (Lipinski definition) is 2. The van der Waals surface area contributed by atoms with Gasteiger partial charge in [0.25, 0.3) is 0 Å². The van der Waals surface area contributed by atoms with Gasteiger partial charge in [-0.05, 0) is 51.3 Å². The average Bonchev–Trinajstić information content (AvgIpc) is 2.46. The normalized spacial score (nSPS) is 14.1. The molecule has 120 valence electrons. The van der Waals surface area contributed by atoms with Crippen molar-refractivity contribution in [1.82, 2.24) is 10.0 Å². The number of nitrogens with one attached hydrogen (secondary N) is 2.